The maximum absolute atomic E-state index is 13.2. The van der Waals surface area contributed by atoms with Gasteiger partial charge in [-0.1, -0.05) is 54.6 Å². The molecule has 6 nitrogen and oxygen atoms in total. The van der Waals surface area contributed by atoms with Gasteiger partial charge in [0.25, 0.3) is 5.56 Å². The third-order valence-electron chi connectivity index (χ3n) is 4.75. The zero-order valence-corrected chi connectivity index (χ0v) is 15.2. The van der Waals surface area contributed by atoms with Crippen molar-refractivity contribution in [1.29, 1.82) is 0 Å². The lowest BCUT2D eigenvalue weighted by atomic mass is 10.1. The van der Waals surface area contributed by atoms with E-state index in [0.29, 0.717) is 17.0 Å². The van der Waals surface area contributed by atoms with Crippen molar-refractivity contribution in [3.05, 3.63) is 88.8 Å². The molecule has 0 atom stereocenters. The van der Waals surface area contributed by atoms with E-state index >= 15 is 0 Å². The summed E-state index contributed by atoms with van der Waals surface area (Å²) in [5.74, 6) is 1.23. The summed E-state index contributed by atoms with van der Waals surface area (Å²) in [5.41, 5.74) is 1.53. The van der Waals surface area contributed by atoms with Crippen molar-refractivity contribution >= 4 is 33.2 Å². The van der Waals surface area contributed by atoms with Crippen molar-refractivity contribution in [2.75, 3.05) is 5.32 Å². The van der Waals surface area contributed by atoms with E-state index in [9.17, 15) is 4.79 Å². The quantitative estimate of drug-likeness (QED) is 0.498. The number of hydrogen-bond acceptors (Lipinski definition) is 4. The fraction of sp³-hybridized carbons (Fsp3) is 0.0455. The Hall–Kier alpha value is -3.93. The first-order chi connectivity index (χ1) is 13.7. The third kappa shape index (κ3) is 2.63. The molecule has 0 spiro atoms. The van der Waals surface area contributed by atoms with Gasteiger partial charge in [-0.05, 0) is 24.4 Å². The first-order valence-corrected chi connectivity index (χ1v) is 9.00. The van der Waals surface area contributed by atoms with Crippen LogP contribution in [-0.2, 0) is 0 Å². The second-order valence-electron chi connectivity index (χ2n) is 6.67. The highest BCUT2D eigenvalue weighted by molar-refractivity contribution is 5.94. The zero-order chi connectivity index (χ0) is 19.1. The summed E-state index contributed by atoms with van der Waals surface area (Å²) in [4.78, 5) is 13.2. The molecule has 136 valence electrons. The summed E-state index contributed by atoms with van der Waals surface area (Å²) in [6.45, 7) is 1.93. The monoisotopic (exact) mass is 367 g/mol. The highest BCUT2D eigenvalue weighted by Gasteiger charge is 2.14. The van der Waals surface area contributed by atoms with Crippen LogP contribution < -0.4 is 10.9 Å². The van der Waals surface area contributed by atoms with Crippen LogP contribution in [-0.4, -0.2) is 20.0 Å². The number of H-pyrrole nitrogens is 1. The number of rotatable bonds is 3. The lowest BCUT2D eigenvalue weighted by Crippen LogP contribution is -2.22. The minimum absolute atomic E-state index is 0.157. The molecule has 0 aliphatic heterocycles. The second kappa shape index (κ2) is 6.35. The Morgan fingerprint density at radius 3 is 2.39 bits per heavy atom. The Morgan fingerprint density at radius 1 is 0.893 bits per heavy atom. The molecule has 0 saturated carbocycles. The van der Waals surface area contributed by atoms with Crippen LogP contribution in [0.1, 0.15) is 5.69 Å². The number of aromatic nitrogens is 4. The molecule has 5 rings (SSSR count). The van der Waals surface area contributed by atoms with Crippen molar-refractivity contribution in [2.45, 2.75) is 6.92 Å². The summed E-state index contributed by atoms with van der Waals surface area (Å²) in [6.07, 6.45) is 0. The van der Waals surface area contributed by atoms with Gasteiger partial charge in [-0.3, -0.25) is 9.89 Å². The van der Waals surface area contributed by atoms with E-state index in [1.54, 1.807) is 0 Å². The number of aryl methyl sites for hydroxylation is 1. The molecule has 0 fully saturated rings. The minimum Gasteiger partial charge on any atom is -0.321 e. The normalized spacial score (nSPS) is 11.2. The van der Waals surface area contributed by atoms with Crippen LogP contribution in [0.25, 0.3) is 27.2 Å². The van der Waals surface area contributed by atoms with E-state index in [0.717, 1.165) is 27.5 Å². The van der Waals surface area contributed by atoms with Gasteiger partial charge in [-0.2, -0.15) is 9.78 Å². The molecule has 28 heavy (non-hydrogen) atoms. The molecular formula is C22H17N5O. The zero-order valence-electron chi connectivity index (χ0n) is 15.2. The topological polar surface area (TPSA) is 75.6 Å². The number of anilines is 2. The predicted octanol–water partition coefficient (Wildman–Crippen LogP) is 4.31. The van der Waals surface area contributed by atoms with Crippen molar-refractivity contribution in [2.24, 2.45) is 0 Å². The van der Waals surface area contributed by atoms with E-state index < -0.39 is 0 Å². The number of benzene rings is 3. The Labute approximate surface area is 160 Å². The first-order valence-electron chi connectivity index (χ1n) is 9.00. The highest BCUT2D eigenvalue weighted by atomic mass is 16.1. The molecule has 3 aromatic carbocycles. The van der Waals surface area contributed by atoms with Gasteiger partial charge in [0.15, 0.2) is 11.6 Å². The Morgan fingerprint density at radius 2 is 1.61 bits per heavy atom. The van der Waals surface area contributed by atoms with Crippen LogP contribution >= 0.6 is 0 Å². The first kappa shape index (κ1) is 16.3. The number of aromatic amines is 1. The number of hydrogen-bond donors (Lipinski definition) is 2. The molecule has 0 saturated heterocycles. The standard InChI is InChI=1S/C22H17N5O/c1-14-13-20(25-24-14)23-21-17-10-4-5-11-18(17)22(28)27(26-21)19-12-6-8-15-7-2-3-9-16(15)19/h2-13H,1H3,(H2,23,24,25,26). The van der Waals surface area contributed by atoms with Gasteiger partial charge < -0.3 is 5.32 Å². The average molecular weight is 367 g/mol. The van der Waals surface area contributed by atoms with Crippen molar-refractivity contribution < 1.29 is 0 Å². The summed E-state index contributed by atoms with van der Waals surface area (Å²) in [6, 6.07) is 23.2. The molecule has 2 aromatic heterocycles. The van der Waals surface area contributed by atoms with E-state index in [1.807, 2.05) is 79.7 Å². The summed E-state index contributed by atoms with van der Waals surface area (Å²) < 4.78 is 1.46. The smallest absolute Gasteiger partial charge is 0.279 e. The van der Waals surface area contributed by atoms with Crippen molar-refractivity contribution in [1.82, 2.24) is 20.0 Å². The van der Waals surface area contributed by atoms with Crippen LogP contribution in [0.15, 0.2) is 77.6 Å². The fourth-order valence-corrected chi connectivity index (χ4v) is 3.44. The van der Waals surface area contributed by atoms with E-state index in [-0.39, 0.29) is 5.56 Å². The minimum atomic E-state index is -0.157. The molecule has 0 aliphatic rings. The van der Waals surface area contributed by atoms with Gasteiger partial charge in [0.05, 0.1) is 11.1 Å². The molecular weight excluding hydrogens is 350 g/mol. The number of fused-ring (bicyclic) bond motifs is 2. The molecule has 0 aliphatic carbocycles. The summed E-state index contributed by atoms with van der Waals surface area (Å²) >= 11 is 0. The van der Waals surface area contributed by atoms with Gasteiger partial charge >= 0.3 is 0 Å². The predicted molar refractivity (Wildman–Crippen MR) is 111 cm³/mol. The van der Waals surface area contributed by atoms with Crippen LogP contribution in [0.4, 0.5) is 11.6 Å². The Kier molecular flexibility index (Phi) is 3.69. The van der Waals surface area contributed by atoms with E-state index in [1.165, 1.54) is 4.68 Å². The van der Waals surface area contributed by atoms with Crippen LogP contribution in [0.3, 0.4) is 0 Å². The number of nitrogens with zero attached hydrogens (tertiary/aromatic N) is 3. The lowest BCUT2D eigenvalue weighted by Gasteiger charge is -2.13. The number of nitrogens with one attached hydrogen (secondary N) is 2. The van der Waals surface area contributed by atoms with Crippen LogP contribution in [0, 0.1) is 6.92 Å². The molecule has 0 unspecified atom stereocenters. The van der Waals surface area contributed by atoms with Gasteiger partial charge in [0.2, 0.25) is 0 Å². The second-order valence-corrected chi connectivity index (χ2v) is 6.67. The highest BCUT2D eigenvalue weighted by Crippen LogP contribution is 2.25. The van der Waals surface area contributed by atoms with E-state index in [4.69, 9.17) is 0 Å². The molecule has 0 bridgehead atoms. The van der Waals surface area contributed by atoms with Gasteiger partial charge in [-0.15, -0.1) is 5.10 Å². The van der Waals surface area contributed by atoms with Crippen LogP contribution in [0.2, 0.25) is 0 Å². The van der Waals surface area contributed by atoms with Gasteiger partial charge in [0.1, 0.15) is 0 Å². The third-order valence-corrected chi connectivity index (χ3v) is 4.75. The molecule has 2 heterocycles. The van der Waals surface area contributed by atoms with Crippen molar-refractivity contribution in [3.8, 4) is 5.69 Å². The van der Waals surface area contributed by atoms with Crippen molar-refractivity contribution in [3.63, 3.8) is 0 Å². The average Bonchev–Trinajstić information content (AvgIpc) is 3.14. The van der Waals surface area contributed by atoms with Gasteiger partial charge in [-0.25, -0.2) is 0 Å². The lowest BCUT2D eigenvalue weighted by molar-refractivity contribution is 0.832. The van der Waals surface area contributed by atoms with Gasteiger partial charge in [0, 0.05) is 22.5 Å². The summed E-state index contributed by atoms with van der Waals surface area (Å²) in [5, 5.41) is 18.4. The molecule has 0 radical (unpaired) electrons. The summed E-state index contributed by atoms with van der Waals surface area (Å²) in [7, 11) is 0. The Bertz CT molecular complexity index is 1380. The van der Waals surface area contributed by atoms with E-state index in [2.05, 4.69) is 20.6 Å². The van der Waals surface area contributed by atoms with Crippen LogP contribution in [0.5, 0.6) is 0 Å². The maximum Gasteiger partial charge on any atom is 0.279 e. The molecule has 0 amide bonds. The fourth-order valence-electron chi connectivity index (χ4n) is 3.44. The molecule has 6 heteroatoms. The molecule has 5 aromatic rings. The maximum atomic E-state index is 13.2. The Balaban J connectivity index is 1.80. The SMILES string of the molecule is Cc1cc(Nc2nn(-c3cccc4ccccc34)c(=O)c3ccccc23)n[nH]1. The largest absolute Gasteiger partial charge is 0.321 e. The molecule has 2 N–H and O–H groups in total.